The first kappa shape index (κ1) is 19.3. The number of hydrogen-bond donors (Lipinski definition) is 1. The van der Waals surface area contributed by atoms with Gasteiger partial charge < -0.3 is 10.2 Å². The van der Waals surface area contributed by atoms with Gasteiger partial charge in [-0.25, -0.2) is 0 Å². The minimum absolute atomic E-state index is 0. The molecule has 0 unspecified atom stereocenters. The molecule has 0 aliphatic carbocycles. The Balaban J connectivity index is 0.00000210. The van der Waals surface area contributed by atoms with Crippen molar-refractivity contribution in [3.8, 4) is 11.1 Å². The van der Waals surface area contributed by atoms with E-state index in [4.69, 9.17) is 4.98 Å². The van der Waals surface area contributed by atoms with Gasteiger partial charge in [-0.05, 0) is 29.7 Å². The molecule has 1 aromatic heterocycles. The van der Waals surface area contributed by atoms with Crippen LogP contribution >= 0.6 is 12.4 Å². The maximum absolute atomic E-state index is 12.9. The van der Waals surface area contributed by atoms with Crippen LogP contribution in [0.15, 0.2) is 54.6 Å². The SMILES string of the molecule is Cc1nc2ccccc2c(-c2ccccc2)c1CC(=O)N1CCNCC1.Cl. The van der Waals surface area contributed by atoms with Crippen LogP contribution in [0.2, 0.25) is 0 Å². The van der Waals surface area contributed by atoms with Crippen LogP contribution in [0.3, 0.4) is 0 Å². The summed E-state index contributed by atoms with van der Waals surface area (Å²) >= 11 is 0. The fourth-order valence-corrected chi connectivity index (χ4v) is 3.70. The smallest absolute Gasteiger partial charge is 0.227 e. The van der Waals surface area contributed by atoms with Crippen LogP contribution < -0.4 is 5.32 Å². The number of carbonyl (C=O) groups is 1. The molecular weight excluding hydrogens is 358 g/mol. The Labute approximate surface area is 166 Å². The maximum atomic E-state index is 12.9. The van der Waals surface area contributed by atoms with E-state index in [1.807, 2.05) is 48.2 Å². The standard InChI is InChI=1S/C22H23N3O.ClH/c1-16-19(15-21(26)25-13-11-23-12-14-25)22(17-7-3-2-4-8-17)18-9-5-6-10-20(18)24-16;/h2-10,23H,11-15H2,1H3;1H. The number of amides is 1. The highest BCUT2D eigenvalue weighted by Crippen LogP contribution is 2.33. The zero-order valence-corrected chi connectivity index (χ0v) is 16.3. The fraction of sp³-hybridized carbons (Fsp3) is 0.273. The number of aromatic nitrogens is 1. The van der Waals surface area contributed by atoms with Crippen molar-refractivity contribution in [3.63, 3.8) is 0 Å². The summed E-state index contributed by atoms with van der Waals surface area (Å²) in [7, 11) is 0. The first-order chi connectivity index (χ1) is 12.7. The summed E-state index contributed by atoms with van der Waals surface area (Å²) in [6, 6.07) is 18.5. The molecule has 140 valence electrons. The summed E-state index contributed by atoms with van der Waals surface area (Å²) in [6.45, 7) is 5.30. The van der Waals surface area contributed by atoms with Crippen molar-refractivity contribution in [3.05, 3.63) is 65.9 Å². The van der Waals surface area contributed by atoms with Crippen molar-refractivity contribution in [1.29, 1.82) is 0 Å². The van der Waals surface area contributed by atoms with Gasteiger partial charge in [0.2, 0.25) is 5.91 Å². The Bertz CT molecular complexity index is 937. The predicted octanol–water partition coefficient (Wildman–Crippen LogP) is 3.61. The molecular formula is C22H24ClN3O. The van der Waals surface area contributed by atoms with Gasteiger partial charge in [-0.15, -0.1) is 12.4 Å². The number of piperazine rings is 1. The van der Waals surface area contributed by atoms with Gasteiger partial charge in [0.1, 0.15) is 0 Å². The third-order valence-corrected chi connectivity index (χ3v) is 5.06. The van der Waals surface area contributed by atoms with E-state index in [0.717, 1.165) is 59.5 Å². The van der Waals surface area contributed by atoms with Crippen LogP contribution in [-0.2, 0) is 11.2 Å². The number of benzene rings is 2. The van der Waals surface area contributed by atoms with Gasteiger partial charge in [-0.1, -0.05) is 48.5 Å². The van der Waals surface area contributed by atoms with Crippen LogP contribution in [0.5, 0.6) is 0 Å². The van der Waals surface area contributed by atoms with Crippen LogP contribution in [0.4, 0.5) is 0 Å². The normalized spacial score (nSPS) is 14.0. The molecule has 0 atom stereocenters. The Morgan fingerprint density at radius 2 is 1.70 bits per heavy atom. The zero-order valence-electron chi connectivity index (χ0n) is 15.4. The lowest BCUT2D eigenvalue weighted by atomic mass is 9.92. The van der Waals surface area contributed by atoms with Gasteiger partial charge in [0.25, 0.3) is 0 Å². The van der Waals surface area contributed by atoms with Crippen LogP contribution in [0.25, 0.3) is 22.0 Å². The second-order valence-electron chi connectivity index (χ2n) is 6.74. The number of aryl methyl sites for hydroxylation is 1. The molecule has 1 aliphatic heterocycles. The van der Waals surface area contributed by atoms with E-state index in [1.54, 1.807) is 0 Å². The Morgan fingerprint density at radius 3 is 2.44 bits per heavy atom. The molecule has 0 radical (unpaired) electrons. The van der Waals surface area contributed by atoms with Gasteiger partial charge in [0.15, 0.2) is 0 Å². The number of para-hydroxylation sites is 1. The van der Waals surface area contributed by atoms with Gasteiger partial charge in [-0.3, -0.25) is 9.78 Å². The molecule has 4 rings (SSSR count). The van der Waals surface area contributed by atoms with E-state index in [0.29, 0.717) is 6.42 Å². The average molecular weight is 382 g/mol. The molecule has 0 bridgehead atoms. The highest BCUT2D eigenvalue weighted by atomic mass is 35.5. The Kier molecular flexibility index (Phi) is 6.09. The highest BCUT2D eigenvalue weighted by Gasteiger charge is 2.21. The molecule has 4 nitrogen and oxygen atoms in total. The summed E-state index contributed by atoms with van der Waals surface area (Å²) in [5.41, 5.74) is 5.22. The molecule has 1 aliphatic rings. The Hall–Kier alpha value is -2.43. The molecule has 1 fully saturated rings. The van der Waals surface area contributed by atoms with E-state index in [-0.39, 0.29) is 18.3 Å². The molecule has 0 spiro atoms. The molecule has 1 amide bonds. The van der Waals surface area contributed by atoms with Crippen molar-refractivity contribution in [2.75, 3.05) is 26.2 Å². The second-order valence-corrected chi connectivity index (χ2v) is 6.74. The van der Waals surface area contributed by atoms with Crippen LogP contribution in [0, 0.1) is 6.92 Å². The molecule has 1 N–H and O–H groups in total. The van der Waals surface area contributed by atoms with Gasteiger partial charge >= 0.3 is 0 Å². The van der Waals surface area contributed by atoms with Crippen molar-refractivity contribution in [2.24, 2.45) is 0 Å². The van der Waals surface area contributed by atoms with Crippen molar-refractivity contribution < 1.29 is 4.79 Å². The summed E-state index contributed by atoms with van der Waals surface area (Å²) in [4.78, 5) is 19.6. The van der Waals surface area contributed by atoms with Gasteiger partial charge in [0, 0.05) is 37.3 Å². The van der Waals surface area contributed by atoms with Crippen molar-refractivity contribution in [2.45, 2.75) is 13.3 Å². The quantitative estimate of drug-likeness (QED) is 0.753. The van der Waals surface area contributed by atoms with Crippen molar-refractivity contribution >= 4 is 29.2 Å². The van der Waals surface area contributed by atoms with Gasteiger partial charge in [0.05, 0.1) is 11.9 Å². The lowest BCUT2D eigenvalue weighted by molar-refractivity contribution is -0.131. The van der Waals surface area contributed by atoms with E-state index in [9.17, 15) is 4.79 Å². The van der Waals surface area contributed by atoms with Crippen molar-refractivity contribution in [1.82, 2.24) is 15.2 Å². The largest absolute Gasteiger partial charge is 0.340 e. The van der Waals surface area contributed by atoms with E-state index in [1.165, 1.54) is 0 Å². The predicted molar refractivity (Wildman–Crippen MR) is 112 cm³/mol. The topological polar surface area (TPSA) is 45.2 Å². The average Bonchev–Trinajstić information content (AvgIpc) is 2.70. The monoisotopic (exact) mass is 381 g/mol. The molecule has 5 heteroatoms. The molecule has 2 heterocycles. The fourth-order valence-electron chi connectivity index (χ4n) is 3.70. The third kappa shape index (κ3) is 3.97. The molecule has 0 saturated carbocycles. The zero-order chi connectivity index (χ0) is 17.9. The highest BCUT2D eigenvalue weighted by molar-refractivity contribution is 5.98. The molecule has 2 aromatic carbocycles. The Morgan fingerprint density at radius 1 is 1.04 bits per heavy atom. The summed E-state index contributed by atoms with van der Waals surface area (Å²) in [6.07, 6.45) is 0.397. The molecule has 27 heavy (non-hydrogen) atoms. The number of nitrogens with zero attached hydrogens (tertiary/aromatic N) is 2. The van der Waals surface area contributed by atoms with Crippen LogP contribution in [-0.4, -0.2) is 42.0 Å². The summed E-state index contributed by atoms with van der Waals surface area (Å²) in [5, 5.41) is 4.40. The second kappa shape index (κ2) is 8.51. The number of rotatable bonds is 3. The third-order valence-electron chi connectivity index (χ3n) is 5.06. The number of pyridine rings is 1. The van der Waals surface area contributed by atoms with Gasteiger partial charge in [-0.2, -0.15) is 0 Å². The number of fused-ring (bicyclic) bond motifs is 1. The number of halogens is 1. The van der Waals surface area contributed by atoms with E-state index in [2.05, 4.69) is 23.5 Å². The lowest BCUT2D eigenvalue weighted by Gasteiger charge is -2.28. The molecule has 1 saturated heterocycles. The van der Waals surface area contributed by atoms with E-state index >= 15 is 0 Å². The maximum Gasteiger partial charge on any atom is 0.227 e. The molecule has 3 aromatic rings. The minimum Gasteiger partial charge on any atom is -0.340 e. The van der Waals surface area contributed by atoms with E-state index < -0.39 is 0 Å². The first-order valence-electron chi connectivity index (χ1n) is 9.16. The first-order valence-corrected chi connectivity index (χ1v) is 9.16. The lowest BCUT2D eigenvalue weighted by Crippen LogP contribution is -2.47. The number of carbonyl (C=O) groups excluding carboxylic acids is 1. The number of hydrogen-bond acceptors (Lipinski definition) is 3. The minimum atomic E-state index is 0. The van der Waals surface area contributed by atoms with Crippen LogP contribution in [0.1, 0.15) is 11.3 Å². The number of nitrogens with one attached hydrogen (secondary N) is 1. The summed E-state index contributed by atoms with van der Waals surface area (Å²) < 4.78 is 0. The summed E-state index contributed by atoms with van der Waals surface area (Å²) in [5.74, 6) is 0.184.